The van der Waals surface area contributed by atoms with Crippen LogP contribution in [0.5, 0.6) is 0 Å². The van der Waals surface area contributed by atoms with Gasteiger partial charge in [0.2, 0.25) is 0 Å². The van der Waals surface area contributed by atoms with E-state index in [0.717, 1.165) is 22.5 Å². The number of carbonyl (C=O) groups is 1. The zero-order chi connectivity index (χ0) is 25.9. The van der Waals surface area contributed by atoms with Crippen LogP contribution >= 0.6 is 0 Å². The fourth-order valence-electron chi connectivity index (χ4n) is 4.29. The number of aryl methyl sites for hydroxylation is 2. The SMILES string of the molecule is COC(C)CN1c2ccc(CNC(C(=O)OC(C)C)C(C)O)cc2NC1c1cc(C)c(=O)n(C)c1. The summed E-state index contributed by atoms with van der Waals surface area (Å²) in [5.74, 6) is -0.473. The first kappa shape index (κ1) is 26.7. The summed E-state index contributed by atoms with van der Waals surface area (Å²) in [7, 11) is 3.45. The quantitative estimate of drug-likeness (QED) is 0.440. The van der Waals surface area contributed by atoms with Crippen molar-refractivity contribution in [3.05, 3.63) is 57.5 Å². The molecular formula is C26H38N4O5. The van der Waals surface area contributed by atoms with Crippen molar-refractivity contribution in [3.8, 4) is 0 Å². The lowest BCUT2D eigenvalue weighted by molar-refractivity contribution is -0.152. The van der Waals surface area contributed by atoms with Gasteiger partial charge in [0.1, 0.15) is 12.2 Å². The van der Waals surface area contributed by atoms with E-state index in [1.54, 1.807) is 39.5 Å². The predicted octanol–water partition coefficient (Wildman–Crippen LogP) is 2.45. The van der Waals surface area contributed by atoms with E-state index < -0.39 is 18.1 Å². The number of nitrogens with one attached hydrogen (secondary N) is 2. The maximum atomic E-state index is 12.4. The van der Waals surface area contributed by atoms with E-state index in [9.17, 15) is 14.7 Å². The van der Waals surface area contributed by atoms with Crippen LogP contribution in [0.4, 0.5) is 11.4 Å². The first-order chi connectivity index (χ1) is 16.5. The summed E-state index contributed by atoms with van der Waals surface area (Å²) in [5.41, 5.74) is 4.58. The molecule has 0 radical (unpaired) electrons. The van der Waals surface area contributed by atoms with Gasteiger partial charge in [-0.2, -0.15) is 0 Å². The summed E-state index contributed by atoms with van der Waals surface area (Å²) in [6, 6.07) is 7.18. The number of esters is 1. The zero-order valence-corrected chi connectivity index (χ0v) is 21.7. The van der Waals surface area contributed by atoms with Gasteiger partial charge in [-0.05, 0) is 58.4 Å². The second-order valence-corrected chi connectivity index (χ2v) is 9.55. The van der Waals surface area contributed by atoms with Crippen LogP contribution in [0.2, 0.25) is 0 Å². The summed E-state index contributed by atoms with van der Waals surface area (Å²) in [5, 5.41) is 16.8. The highest BCUT2D eigenvalue weighted by atomic mass is 16.5. The minimum Gasteiger partial charge on any atom is -0.462 e. The molecule has 0 saturated heterocycles. The number of hydrogen-bond acceptors (Lipinski definition) is 8. The number of anilines is 2. The molecule has 2 heterocycles. The number of ether oxygens (including phenoxy) is 2. The van der Waals surface area contributed by atoms with Crippen molar-refractivity contribution >= 4 is 17.3 Å². The van der Waals surface area contributed by atoms with Crippen molar-refractivity contribution in [3.63, 3.8) is 0 Å². The highest BCUT2D eigenvalue weighted by molar-refractivity contribution is 5.78. The fraction of sp³-hybridized carbons (Fsp3) is 0.538. The number of methoxy groups -OCH3 is 1. The van der Waals surface area contributed by atoms with E-state index in [1.165, 1.54) is 0 Å². The van der Waals surface area contributed by atoms with Crippen LogP contribution in [-0.4, -0.2) is 53.7 Å². The van der Waals surface area contributed by atoms with Crippen LogP contribution in [0.3, 0.4) is 0 Å². The number of nitrogens with zero attached hydrogens (tertiary/aromatic N) is 2. The maximum Gasteiger partial charge on any atom is 0.326 e. The van der Waals surface area contributed by atoms with Gasteiger partial charge in [0.05, 0.1) is 29.7 Å². The molecule has 192 valence electrons. The van der Waals surface area contributed by atoms with E-state index in [2.05, 4.69) is 15.5 Å². The second kappa shape index (κ2) is 11.2. The minimum atomic E-state index is -0.892. The lowest BCUT2D eigenvalue weighted by Crippen LogP contribution is -2.46. The van der Waals surface area contributed by atoms with Crippen molar-refractivity contribution in [2.45, 2.75) is 71.7 Å². The number of aliphatic hydroxyl groups is 1. The number of pyridine rings is 1. The first-order valence-electron chi connectivity index (χ1n) is 12.0. The van der Waals surface area contributed by atoms with Gasteiger partial charge < -0.3 is 29.4 Å². The molecule has 1 aliphatic heterocycles. The Hall–Kier alpha value is -2.88. The minimum absolute atomic E-state index is 0.000934. The summed E-state index contributed by atoms with van der Waals surface area (Å²) >= 11 is 0. The summed E-state index contributed by atoms with van der Waals surface area (Å²) in [4.78, 5) is 26.8. The third-order valence-corrected chi connectivity index (χ3v) is 6.14. The number of rotatable bonds is 10. The Kier molecular flexibility index (Phi) is 8.58. The van der Waals surface area contributed by atoms with Gasteiger partial charge in [-0.1, -0.05) is 6.07 Å². The smallest absolute Gasteiger partial charge is 0.326 e. The average molecular weight is 487 g/mol. The highest BCUT2D eigenvalue weighted by Crippen LogP contribution is 2.41. The number of benzene rings is 1. The molecule has 0 aliphatic carbocycles. The molecule has 0 amide bonds. The molecule has 3 N–H and O–H groups in total. The molecule has 1 aromatic carbocycles. The normalized spacial score (nSPS) is 17.6. The predicted molar refractivity (Wildman–Crippen MR) is 137 cm³/mol. The molecule has 0 fully saturated rings. The number of carbonyl (C=O) groups excluding carboxylic acids is 1. The summed E-state index contributed by atoms with van der Waals surface area (Å²) in [6.07, 6.45) is 0.548. The molecule has 2 aromatic rings. The van der Waals surface area contributed by atoms with Crippen LogP contribution < -0.4 is 21.1 Å². The Labute approximate surface area is 207 Å². The zero-order valence-electron chi connectivity index (χ0n) is 21.7. The van der Waals surface area contributed by atoms with Crippen LogP contribution in [0, 0.1) is 6.92 Å². The van der Waals surface area contributed by atoms with Crippen LogP contribution in [0.25, 0.3) is 0 Å². The van der Waals surface area contributed by atoms with Gasteiger partial charge >= 0.3 is 5.97 Å². The molecule has 0 saturated carbocycles. The van der Waals surface area contributed by atoms with Gasteiger partial charge in [0, 0.05) is 44.6 Å². The highest BCUT2D eigenvalue weighted by Gasteiger charge is 2.32. The molecule has 9 heteroatoms. The number of aliphatic hydroxyl groups excluding tert-OH is 1. The van der Waals surface area contributed by atoms with E-state index >= 15 is 0 Å². The molecule has 0 bridgehead atoms. The van der Waals surface area contributed by atoms with E-state index in [0.29, 0.717) is 18.7 Å². The van der Waals surface area contributed by atoms with Crippen molar-refractivity contribution < 1.29 is 19.4 Å². The van der Waals surface area contributed by atoms with Crippen LogP contribution in [0.15, 0.2) is 35.3 Å². The number of hydrogen-bond donors (Lipinski definition) is 3. The number of aromatic nitrogens is 1. The van der Waals surface area contributed by atoms with Crippen molar-refractivity contribution in [1.29, 1.82) is 0 Å². The van der Waals surface area contributed by atoms with Gasteiger partial charge in [0.25, 0.3) is 5.56 Å². The molecule has 4 unspecified atom stereocenters. The third-order valence-electron chi connectivity index (χ3n) is 6.14. The largest absolute Gasteiger partial charge is 0.462 e. The first-order valence-corrected chi connectivity index (χ1v) is 12.0. The molecule has 35 heavy (non-hydrogen) atoms. The molecule has 1 aliphatic rings. The Morgan fingerprint density at radius 3 is 2.54 bits per heavy atom. The number of fused-ring (bicyclic) bond motifs is 1. The van der Waals surface area contributed by atoms with Gasteiger partial charge in [0.15, 0.2) is 0 Å². The lowest BCUT2D eigenvalue weighted by atomic mass is 10.1. The molecule has 9 nitrogen and oxygen atoms in total. The average Bonchev–Trinajstić information content (AvgIpc) is 3.13. The van der Waals surface area contributed by atoms with Crippen molar-refractivity contribution in [1.82, 2.24) is 9.88 Å². The molecule has 0 spiro atoms. The van der Waals surface area contributed by atoms with Crippen LogP contribution in [0.1, 0.15) is 50.6 Å². The lowest BCUT2D eigenvalue weighted by Gasteiger charge is -2.29. The Morgan fingerprint density at radius 2 is 1.94 bits per heavy atom. The fourth-order valence-corrected chi connectivity index (χ4v) is 4.29. The Balaban J connectivity index is 1.85. The topological polar surface area (TPSA) is 105 Å². The van der Waals surface area contributed by atoms with Gasteiger partial charge in [-0.15, -0.1) is 0 Å². The van der Waals surface area contributed by atoms with E-state index in [4.69, 9.17) is 9.47 Å². The maximum absolute atomic E-state index is 12.4. The van der Waals surface area contributed by atoms with Crippen molar-refractivity contribution in [2.75, 3.05) is 23.9 Å². The monoisotopic (exact) mass is 486 g/mol. The third kappa shape index (κ3) is 6.22. The van der Waals surface area contributed by atoms with Crippen molar-refractivity contribution in [2.24, 2.45) is 7.05 Å². The van der Waals surface area contributed by atoms with E-state index in [-0.39, 0.29) is 23.9 Å². The molecular weight excluding hydrogens is 448 g/mol. The second-order valence-electron chi connectivity index (χ2n) is 9.55. The van der Waals surface area contributed by atoms with Crippen LogP contribution in [-0.2, 0) is 27.9 Å². The standard InChI is InChI=1S/C26H38N4O5/c1-15(2)35-26(33)23(18(5)31)27-12-19-8-9-22-21(11-19)28-24(30(22)13-17(4)34-7)20-10-16(3)25(32)29(6)14-20/h8-11,14-15,17-18,23-24,27-28,31H,12-13H2,1-7H3. The van der Waals surface area contributed by atoms with E-state index in [1.807, 2.05) is 44.3 Å². The summed E-state index contributed by atoms with van der Waals surface area (Å²) < 4.78 is 12.4. The molecule has 4 atom stereocenters. The summed E-state index contributed by atoms with van der Waals surface area (Å²) in [6.45, 7) is 10.0. The van der Waals surface area contributed by atoms with Gasteiger partial charge in [-0.25, -0.2) is 0 Å². The van der Waals surface area contributed by atoms with Gasteiger partial charge in [-0.3, -0.25) is 14.9 Å². The Bertz CT molecular complexity index is 1070. The molecule has 3 rings (SSSR count). The Morgan fingerprint density at radius 1 is 1.23 bits per heavy atom. The molecule has 1 aromatic heterocycles.